The molecule has 0 fully saturated rings. The van der Waals surface area contributed by atoms with E-state index in [-0.39, 0.29) is 22.9 Å². The van der Waals surface area contributed by atoms with Crippen LogP contribution in [0.3, 0.4) is 0 Å². The third-order valence-electron chi connectivity index (χ3n) is 3.85. The monoisotopic (exact) mass is 398 g/mol. The number of nitrogens with zero attached hydrogens (tertiary/aromatic N) is 2. The van der Waals surface area contributed by atoms with Gasteiger partial charge in [-0.1, -0.05) is 12.1 Å². The van der Waals surface area contributed by atoms with Gasteiger partial charge in [0.05, 0.1) is 24.0 Å². The molecule has 0 radical (unpaired) electrons. The number of carbonyl (C=O) groups excluding carboxylic acids is 2. The van der Waals surface area contributed by atoms with Crippen molar-refractivity contribution in [3.05, 3.63) is 77.1 Å². The molecule has 0 saturated carbocycles. The van der Waals surface area contributed by atoms with Gasteiger partial charge >= 0.3 is 5.97 Å². The molecule has 29 heavy (non-hydrogen) atoms. The van der Waals surface area contributed by atoms with Crippen molar-refractivity contribution in [2.45, 2.75) is 6.92 Å². The first-order valence-corrected chi connectivity index (χ1v) is 8.44. The third-order valence-corrected chi connectivity index (χ3v) is 3.85. The summed E-state index contributed by atoms with van der Waals surface area (Å²) in [6, 6.07) is 10.8. The normalized spacial score (nSPS) is 10.3. The average Bonchev–Trinajstić information content (AvgIpc) is 2.69. The van der Waals surface area contributed by atoms with E-state index in [2.05, 4.69) is 20.6 Å². The van der Waals surface area contributed by atoms with Crippen molar-refractivity contribution < 1.29 is 23.1 Å². The molecular formula is C20H16F2N4O3. The van der Waals surface area contributed by atoms with E-state index in [4.69, 9.17) is 4.74 Å². The van der Waals surface area contributed by atoms with Crippen LogP contribution in [-0.2, 0) is 4.74 Å². The molecule has 148 valence electrons. The Balaban J connectivity index is 1.87. The minimum atomic E-state index is -0.908. The summed E-state index contributed by atoms with van der Waals surface area (Å²) in [5, 5.41) is 5.22. The fraction of sp³-hybridized carbons (Fsp3) is 0.100. The van der Waals surface area contributed by atoms with Gasteiger partial charge < -0.3 is 15.4 Å². The highest BCUT2D eigenvalue weighted by molar-refractivity contribution is 6.03. The third kappa shape index (κ3) is 4.70. The molecule has 0 saturated heterocycles. The predicted octanol–water partition coefficient (Wildman–Crippen LogP) is 3.85. The van der Waals surface area contributed by atoms with Crippen LogP contribution in [0.5, 0.6) is 0 Å². The number of benzene rings is 2. The maximum Gasteiger partial charge on any atom is 0.339 e. The van der Waals surface area contributed by atoms with Crippen molar-refractivity contribution in [1.82, 2.24) is 9.97 Å². The molecule has 0 spiro atoms. The van der Waals surface area contributed by atoms with E-state index in [9.17, 15) is 18.4 Å². The summed E-state index contributed by atoms with van der Waals surface area (Å²) in [5.41, 5.74) is 0.889. The van der Waals surface area contributed by atoms with Crippen LogP contribution in [0.15, 0.2) is 48.5 Å². The minimum absolute atomic E-state index is 0.0423. The van der Waals surface area contributed by atoms with Crippen LogP contribution in [0.1, 0.15) is 26.5 Å². The number of esters is 1. The van der Waals surface area contributed by atoms with Gasteiger partial charge in [0.25, 0.3) is 5.91 Å². The Morgan fingerprint density at radius 1 is 1.00 bits per heavy atom. The van der Waals surface area contributed by atoms with E-state index < -0.39 is 23.5 Å². The molecule has 1 heterocycles. The number of anilines is 3. The quantitative estimate of drug-likeness (QED) is 0.635. The Hall–Kier alpha value is -3.88. The molecule has 0 aliphatic rings. The fourth-order valence-electron chi connectivity index (χ4n) is 2.52. The summed E-state index contributed by atoms with van der Waals surface area (Å²) in [4.78, 5) is 32.7. The minimum Gasteiger partial charge on any atom is -0.465 e. The van der Waals surface area contributed by atoms with Gasteiger partial charge in [-0.3, -0.25) is 4.79 Å². The summed E-state index contributed by atoms with van der Waals surface area (Å²) >= 11 is 0. The molecule has 0 unspecified atom stereocenters. The second kappa shape index (κ2) is 8.42. The number of methoxy groups -OCH3 is 1. The zero-order valence-electron chi connectivity index (χ0n) is 15.5. The Labute approximate surface area is 164 Å². The van der Waals surface area contributed by atoms with E-state index in [0.717, 1.165) is 12.1 Å². The first-order chi connectivity index (χ1) is 13.9. The van der Waals surface area contributed by atoms with Crippen LogP contribution in [0.4, 0.5) is 26.1 Å². The zero-order valence-corrected chi connectivity index (χ0v) is 15.5. The van der Waals surface area contributed by atoms with Crippen molar-refractivity contribution in [2.75, 3.05) is 17.7 Å². The second-order valence-corrected chi connectivity index (χ2v) is 5.96. The van der Waals surface area contributed by atoms with Crippen LogP contribution >= 0.6 is 0 Å². The van der Waals surface area contributed by atoms with Crippen LogP contribution in [0, 0.1) is 18.6 Å². The Kier molecular flexibility index (Phi) is 5.77. The predicted molar refractivity (Wildman–Crippen MR) is 102 cm³/mol. The molecule has 3 aromatic rings. The second-order valence-electron chi connectivity index (χ2n) is 5.96. The number of para-hydroxylation sites is 1. The molecule has 9 heteroatoms. The maximum absolute atomic E-state index is 13.8. The summed E-state index contributed by atoms with van der Waals surface area (Å²) in [7, 11) is 1.26. The van der Waals surface area contributed by atoms with Crippen LogP contribution in [0.25, 0.3) is 0 Å². The van der Waals surface area contributed by atoms with Crippen LogP contribution in [0.2, 0.25) is 0 Å². The number of ether oxygens (including phenoxy) is 1. The number of nitrogens with one attached hydrogen (secondary N) is 2. The highest BCUT2D eigenvalue weighted by atomic mass is 19.1. The van der Waals surface area contributed by atoms with E-state index >= 15 is 0 Å². The van der Waals surface area contributed by atoms with Gasteiger partial charge in [-0.05, 0) is 37.3 Å². The van der Waals surface area contributed by atoms with E-state index in [1.807, 2.05) is 0 Å². The van der Waals surface area contributed by atoms with Crippen molar-refractivity contribution in [3.8, 4) is 0 Å². The van der Waals surface area contributed by atoms with Gasteiger partial charge in [0.2, 0.25) is 5.95 Å². The summed E-state index contributed by atoms with van der Waals surface area (Å²) < 4.78 is 31.5. The number of aromatic nitrogens is 2. The molecular weight excluding hydrogens is 382 g/mol. The van der Waals surface area contributed by atoms with Gasteiger partial charge in [-0.2, -0.15) is 0 Å². The molecule has 3 rings (SSSR count). The molecule has 0 aliphatic carbocycles. The topological polar surface area (TPSA) is 93.2 Å². The van der Waals surface area contributed by atoms with Gasteiger partial charge in [-0.15, -0.1) is 0 Å². The molecule has 2 aromatic carbocycles. The van der Waals surface area contributed by atoms with Crippen molar-refractivity contribution in [2.24, 2.45) is 0 Å². The number of amides is 1. The largest absolute Gasteiger partial charge is 0.465 e. The van der Waals surface area contributed by atoms with Gasteiger partial charge in [0.15, 0.2) is 0 Å². The maximum atomic E-state index is 13.8. The fourth-order valence-corrected chi connectivity index (χ4v) is 2.52. The number of hydrogen-bond donors (Lipinski definition) is 2. The lowest BCUT2D eigenvalue weighted by atomic mass is 10.2. The van der Waals surface area contributed by atoms with Gasteiger partial charge in [0.1, 0.15) is 17.3 Å². The number of carbonyl (C=O) groups is 2. The molecule has 0 atom stereocenters. The molecule has 1 amide bonds. The highest BCUT2D eigenvalue weighted by Crippen LogP contribution is 2.21. The molecule has 2 N–H and O–H groups in total. The molecule has 0 bridgehead atoms. The average molecular weight is 398 g/mol. The standard InChI is InChI=1S/C20H16F2N4O3/c1-11-9-17(18(27)24-16-8-7-12(21)10-14(16)22)26-20(23-11)25-15-6-4-3-5-13(15)19(28)29-2/h3-10H,1-2H3,(H,24,27)(H,23,25,26). The number of halogens is 2. The lowest BCUT2D eigenvalue weighted by Crippen LogP contribution is -2.16. The Bertz CT molecular complexity index is 1090. The summed E-state index contributed by atoms with van der Waals surface area (Å²) in [6.45, 7) is 1.65. The van der Waals surface area contributed by atoms with Crippen molar-refractivity contribution in [3.63, 3.8) is 0 Å². The number of hydrogen-bond acceptors (Lipinski definition) is 6. The van der Waals surface area contributed by atoms with Gasteiger partial charge in [0, 0.05) is 11.8 Å². The van der Waals surface area contributed by atoms with Crippen LogP contribution < -0.4 is 10.6 Å². The first-order valence-electron chi connectivity index (χ1n) is 8.44. The molecule has 7 nitrogen and oxygen atoms in total. The van der Waals surface area contributed by atoms with E-state index in [1.165, 1.54) is 13.2 Å². The van der Waals surface area contributed by atoms with Gasteiger partial charge in [-0.25, -0.2) is 23.5 Å². The first kappa shape index (κ1) is 19.9. The highest BCUT2D eigenvalue weighted by Gasteiger charge is 2.16. The molecule has 1 aromatic heterocycles. The van der Waals surface area contributed by atoms with E-state index in [1.54, 1.807) is 31.2 Å². The summed E-state index contributed by atoms with van der Waals surface area (Å²) in [5.74, 6) is -2.86. The van der Waals surface area contributed by atoms with E-state index in [0.29, 0.717) is 17.4 Å². The number of aryl methyl sites for hydroxylation is 1. The lowest BCUT2D eigenvalue weighted by molar-refractivity contribution is 0.0601. The van der Waals surface area contributed by atoms with Crippen LogP contribution in [-0.4, -0.2) is 29.0 Å². The Morgan fingerprint density at radius 3 is 2.48 bits per heavy atom. The lowest BCUT2D eigenvalue weighted by Gasteiger charge is -2.11. The molecule has 0 aliphatic heterocycles. The SMILES string of the molecule is COC(=O)c1ccccc1Nc1nc(C)cc(C(=O)Nc2ccc(F)cc2F)n1. The summed E-state index contributed by atoms with van der Waals surface area (Å²) in [6.07, 6.45) is 0. The number of rotatable bonds is 5. The van der Waals surface area contributed by atoms with Crippen molar-refractivity contribution in [1.29, 1.82) is 0 Å². The zero-order chi connectivity index (χ0) is 21.0. The van der Waals surface area contributed by atoms with Crippen molar-refractivity contribution >= 4 is 29.2 Å². The smallest absolute Gasteiger partial charge is 0.339 e. The Morgan fingerprint density at radius 2 is 1.76 bits per heavy atom.